The molecule has 0 saturated carbocycles. The second-order valence-corrected chi connectivity index (χ2v) is 5.17. The summed E-state index contributed by atoms with van der Waals surface area (Å²) in [5.41, 5.74) is 0. The molecule has 3 nitrogen and oxygen atoms in total. The molecule has 1 saturated heterocycles. The highest BCUT2D eigenvalue weighted by Crippen LogP contribution is 2.17. The first-order valence-electron chi connectivity index (χ1n) is 6.20. The summed E-state index contributed by atoms with van der Waals surface area (Å²) in [4.78, 5) is 6.46. The molecular weight excluding hydrogens is 236 g/mol. The van der Waals surface area contributed by atoms with E-state index >= 15 is 0 Å². The minimum atomic E-state index is 0.620. The Balaban J connectivity index is 1.72. The van der Waals surface area contributed by atoms with Crippen molar-refractivity contribution in [3.63, 3.8) is 0 Å². The van der Waals surface area contributed by atoms with Gasteiger partial charge in [-0.2, -0.15) is 0 Å². The van der Waals surface area contributed by atoms with Crippen LogP contribution >= 0.6 is 11.6 Å². The van der Waals surface area contributed by atoms with Crippen molar-refractivity contribution in [2.75, 3.05) is 26.2 Å². The first-order chi connectivity index (χ1) is 8.24. The van der Waals surface area contributed by atoms with Crippen LogP contribution in [0.5, 0.6) is 5.75 Å². The molecule has 2 heterocycles. The molecule has 0 amide bonds. The molecule has 0 radical (unpaired) electrons. The summed E-state index contributed by atoms with van der Waals surface area (Å²) in [6.07, 6.45) is 5.97. The van der Waals surface area contributed by atoms with Crippen molar-refractivity contribution in [2.24, 2.45) is 5.92 Å². The Labute approximate surface area is 108 Å². The predicted molar refractivity (Wildman–Crippen MR) is 69.6 cm³/mol. The Morgan fingerprint density at radius 1 is 1.53 bits per heavy atom. The molecule has 0 bridgehead atoms. The van der Waals surface area contributed by atoms with E-state index < -0.39 is 0 Å². The predicted octanol–water partition coefficient (Wildman–Crippen LogP) is 2.85. The van der Waals surface area contributed by atoms with Crippen molar-refractivity contribution in [3.05, 3.63) is 23.5 Å². The molecule has 1 aromatic rings. The van der Waals surface area contributed by atoms with E-state index in [0.29, 0.717) is 11.6 Å². The van der Waals surface area contributed by atoms with E-state index in [1.807, 2.05) is 0 Å². The van der Waals surface area contributed by atoms with Crippen molar-refractivity contribution in [1.29, 1.82) is 0 Å². The maximum atomic E-state index is 5.84. The van der Waals surface area contributed by atoms with Gasteiger partial charge in [0.1, 0.15) is 12.4 Å². The van der Waals surface area contributed by atoms with Crippen molar-refractivity contribution in [3.8, 4) is 5.75 Å². The molecule has 0 N–H and O–H groups in total. The summed E-state index contributed by atoms with van der Waals surface area (Å²) in [7, 11) is 0. The van der Waals surface area contributed by atoms with Gasteiger partial charge in [0.25, 0.3) is 0 Å². The number of nitrogens with zero attached hydrogens (tertiary/aromatic N) is 2. The molecule has 17 heavy (non-hydrogen) atoms. The van der Waals surface area contributed by atoms with Gasteiger partial charge in [0, 0.05) is 25.4 Å². The monoisotopic (exact) mass is 254 g/mol. The second-order valence-electron chi connectivity index (χ2n) is 4.74. The fraction of sp³-hybridized carbons (Fsp3) is 0.615. The summed E-state index contributed by atoms with van der Waals surface area (Å²) in [5, 5.41) is 0.620. The van der Waals surface area contributed by atoms with Crippen LogP contribution < -0.4 is 4.74 Å². The lowest BCUT2D eigenvalue weighted by molar-refractivity contribution is 0.153. The first kappa shape index (κ1) is 12.7. The molecular formula is C13H19ClN2O. The molecule has 0 spiro atoms. The summed E-state index contributed by atoms with van der Waals surface area (Å²) < 4.78 is 5.64. The minimum absolute atomic E-state index is 0.620. The van der Waals surface area contributed by atoms with Gasteiger partial charge in [-0.25, -0.2) is 0 Å². The molecule has 0 aliphatic carbocycles. The van der Waals surface area contributed by atoms with E-state index in [4.69, 9.17) is 16.3 Å². The van der Waals surface area contributed by atoms with Gasteiger partial charge in [-0.05, 0) is 25.3 Å². The van der Waals surface area contributed by atoms with Gasteiger partial charge in [0.2, 0.25) is 0 Å². The Morgan fingerprint density at radius 3 is 3.18 bits per heavy atom. The van der Waals surface area contributed by atoms with Gasteiger partial charge >= 0.3 is 0 Å². The number of ether oxygens (including phenoxy) is 1. The molecule has 1 aliphatic heterocycles. The second kappa shape index (κ2) is 6.22. The van der Waals surface area contributed by atoms with E-state index in [1.54, 1.807) is 18.5 Å². The quantitative estimate of drug-likeness (QED) is 0.826. The van der Waals surface area contributed by atoms with E-state index in [2.05, 4.69) is 16.8 Å². The number of rotatable bonds is 4. The maximum absolute atomic E-state index is 5.84. The van der Waals surface area contributed by atoms with Crippen LogP contribution in [0.4, 0.5) is 0 Å². The summed E-state index contributed by atoms with van der Waals surface area (Å²) in [5.74, 6) is 1.57. The fourth-order valence-corrected chi connectivity index (χ4v) is 2.42. The molecule has 1 aromatic heterocycles. The third-order valence-electron chi connectivity index (χ3n) is 3.10. The number of likely N-dealkylation sites (tertiary alicyclic amines) is 1. The van der Waals surface area contributed by atoms with Gasteiger partial charge in [-0.15, -0.1) is 0 Å². The Bertz CT molecular complexity index is 359. The van der Waals surface area contributed by atoms with Crippen LogP contribution in [0.2, 0.25) is 5.02 Å². The van der Waals surface area contributed by atoms with Crippen LogP contribution in [-0.4, -0.2) is 36.1 Å². The highest BCUT2D eigenvalue weighted by molar-refractivity contribution is 6.30. The normalized spacial score (nSPS) is 21.4. The van der Waals surface area contributed by atoms with Crippen LogP contribution in [0.25, 0.3) is 0 Å². The zero-order valence-corrected chi connectivity index (χ0v) is 11.0. The number of pyridine rings is 1. The Morgan fingerprint density at radius 2 is 2.41 bits per heavy atom. The summed E-state index contributed by atoms with van der Waals surface area (Å²) >= 11 is 5.84. The van der Waals surface area contributed by atoms with Gasteiger partial charge in [-0.1, -0.05) is 18.5 Å². The van der Waals surface area contributed by atoms with Crippen molar-refractivity contribution < 1.29 is 4.74 Å². The van der Waals surface area contributed by atoms with Crippen LogP contribution in [0, 0.1) is 5.92 Å². The Kier molecular flexibility index (Phi) is 4.63. The van der Waals surface area contributed by atoms with Crippen LogP contribution in [0.1, 0.15) is 19.8 Å². The average molecular weight is 255 g/mol. The lowest BCUT2D eigenvalue weighted by Crippen LogP contribution is -2.37. The third-order valence-corrected chi connectivity index (χ3v) is 3.30. The zero-order valence-electron chi connectivity index (χ0n) is 10.2. The van der Waals surface area contributed by atoms with Gasteiger partial charge in [0.05, 0.1) is 11.2 Å². The standard InChI is InChI=1S/C13H19ClN2O/c1-11-3-2-4-16(10-11)5-6-17-13-7-12(14)8-15-9-13/h7-9,11H,2-6,10H2,1H3. The molecule has 2 rings (SSSR count). The van der Waals surface area contributed by atoms with Crippen molar-refractivity contribution in [2.45, 2.75) is 19.8 Å². The number of hydrogen-bond donors (Lipinski definition) is 0. The van der Waals surface area contributed by atoms with Crippen molar-refractivity contribution >= 4 is 11.6 Å². The topological polar surface area (TPSA) is 25.4 Å². The van der Waals surface area contributed by atoms with Crippen molar-refractivity contribution in [1.82, 2.24) is 9.88 Å². The lowest BCUT2D eigenvalue weighted by Gasteiger charge is -2.30. The number of aromatic nitrogens is 1. The lowest BCUT2D eigenvalue weighted by atomic mass is 10.0. The summed E-state index contributed by atoms with van der Waals surface area (Å²) in [6, 6.07) is 1.80. The first-order valence-corrected chi connectivity index (χ1v) is 6.57. The van der Waals surface area contributed by atoms with E-state index in [1.165, 1.54) is 25.9 Å². The van der Waals surface area contributed by atoms with Crippen LogP contribution in [0.15, 0.2) is 18.5 Å². The molecule has 1 fully saturated rings. The van der Waals surface area contributed by atoms with E-state index in [9.17, 15) is 0 Å². The molecule has 1 atom stereocenters. The smallest absolute Gasteiger partial charge is 0.139 e. The maximum Gasteiger partial charge on any atom is 0.139 e. The van der Waals surface area contributed by atoms with E-state index in [-0.39, 0.29) is 0 Å². The molecule has 94 valence electrons. The molecule has 1 unspecified atom stereocenters. The van der Waals surface area contributed by atoms with Crippen LogP contribution in [-0.2, 0) is 0 Å². The van der Waals surface area contributed by atoms with Crippen LogP contribution in [0.3, 0.4) is 0 Å². The third kappa shape index (κ3) is 4.17. The van der Waals surface area contributed by atoms with Gasteiger partial charge in [0.15, 0.2) is 0 Å². The number of halogens is 1. The summed E-state index contributed by atoms with van der Waals surface area (Å²) in [6.45, 7) is 6.39. The molecule has 4 heteroatoms. The van der Waals surface area contributed by atoms with E-state index in [0.717, 1.165) is 18.2 Å². The number of piperidine rings is 1. The minimum Gasteiger partial charge on any atom is -0.491 e. The number of hydrogen-bond acceptors (Lipinski definition) is 3. The zero-order chi connectivity index (χ0) is 12.1. The SMILES string of the molecule is CC1CCCN(CCOc2cncc(Cl)c2)C1. The molecule has 0 aromatic carbocycles. The average Bonchev–Trinajstić information content (AvgIpc) is 2.29. The highest BCUT2D eigenvalue weighted by atomic mass is 35.5. The Hall–Kier alpha value is -0.800. The van der Waals surface area contributed by atoms with Gasteiger partial charge in [-0.3, -0.25) is 9.88 Å². The highest BCUT2D eigenvalue weighted by Gasteiger charge is 2.15. The fourth-order valence-electron chi connectivity index (χ4n) is 2.25. The van der Waals surface area contributed by atoms with Gasteiger partial charge < -0.3 is 4.74 Å². The largest absolute Gasteiger partial charge is 0.491 e. The molecule has 1 aliphatic rings.